The number of fused-ring (bicyclic) bond motifs is 1. The Morgan fingerprint density at radius 3 is 2.54 bits per heavy atom. The van der Waals surface area contributed by atoms with Crippen molar-refractivity contribution in [1.82, 2.24) is 4.90 Å². The summed E-state index contributed by atoms with van der Waals surface area (Å²) >= 11 is 2.85. The van der Waals surface area contributed by atoms with Gasteiger partial charge in [0, 0.05) is 20.7 Å². The van der Waals surface area contributed by atoms with Gasteiger partial charge in [-0.15, -0.1) is 22.7 Å². The second kappa shape index (κ2) is 7.00. The van der Waals surface area contributed by atoms with Crippen LogP contribution in [0.2, 0.25) is 0 Å². The number of amides is 2. The van der Waals surface area contributed by atoms with E-state index in [4.69, 9.17) is 9.47 Å². The number of imide groups is 1. The molecule has 3 rings (SSSR count). The largest absolute Gasteiger partial charge is 0.462 e. The lowest BCUT2D eigenvalue weighted by Crippen LogP contribution is -2.38. The van der Waals surface area contributed by atoms with Crippen molar-refractivity contribution in [1.29, 1.82) is 0 Å². The normalized spacial score (nSPS) is 17.8. The van der Waals surface area contributed by atoms with Crippen LogP contribution in [-0.4, -0.2) is 35.1 Å². The highest BCUT2D eigenvalue weighted by Crippen LogP contribution is 2.42. The number of nitrogens with zero attached hydrogens (tertiary/aromatic N) is 1. The first-order valence-corrected chi connectivity index (χ1v) is 10.1. The Morgan fingerprint density at radius 2 is 1.92 bits per heavy atom. The van der Waals surface area contributed by atoms with Gasteiger partial charge in [-0.05, 0) is 46.2 Å². The molecule has 0 radical (unpaired) electrons. The minimum absolute atomic E-state index is 0.215. The molecule has 0 aromatic carbocycles. The second-order valence-corrected chi connectivity index (χ2v) is 9.21. The first-order chi connectivity index (χ1) is 12.2. The SMILES string of the molecule is CCOC(=O)c1cc2sc(C3CCC(=O)N3C(=O)OC(C)(C)C)cc2s1. The molecular weight excluding hydrogens is 374 g/mol. The highest BCUT2D eigenvalue weighted by molar-refractivity contribution is 7.28. The van der Waals surface area contributed by atoms with Gasteiger partial charge in [-0.25, -0.2) is 14.5 Å². The summed E-state index contributed by atoms with van der Waals surface area (Å²) in [5.41, 5.74) is -0.658. The zero-order valence-corrected chi connectivity index (χ0v) is 16.8. The number of hydrogen-bond acceptors (Lipinski definition) is 7. The van der Waals surface area contributed by atoms with Crippen LogP contribution in [0.5, 0.6) is 0 Å². The van der Waals surface area contributed by atoms with Crippen LogP contribution in [-0.2, 0) is 14.3 Å². The van der Waals surface area contributed by atoms with E-state index >= 15 is 0 Å². The van der Waals surface area contributed by atoms with E-state index in [-0.39, 0.29) is 17.9 Å². The van der Waals surface area contributed by atoms with Gasteiger partial charge in [0.1, 0.15) is 10.5 Å². The Bertz CT molecular complexity index is 829. The average molecular weight is 396 g/mol. The Hall–Kier alpha value is -1.93. The summed E-state index contributed by atoms with van der Waals surface area (Å²) in [4.78, 5) is 39.2. The third kappa shape index (κ3) is 3.76. The predicted octanol–water partition coefficient (Wildman–Crippen LogP) is 4.74. The van der Waals surface area contributed by atoms with Crippen molar-refractivity contribution in [2.75, 3.05) is 6.61 Å². The summed E-state index contributed by atoms with van der Waals surface area (Å²) in [6.07, 6.45) is 0.300. The van der Waals surface area contributed by atoms with Crippen molar-refractivity contribution >= 4 is 50.0 Å². The molecule has 0 N–H and O–H groups in total. The molecule has 0 bridgehead atoms. The number of hydrogen-bond donors (Lipinski definition) is 0. The first kappa shape index (κ1) is 18.8. The zero-order valence-electron chi connectivity index (χ0n) is 15.2. The lowest BCUT2D eigenvalue weighted by atomic mass is 10.2. The molecule has 1 aliphatic heterocycles. The number of esters is 1. The summed E-state index contributed by atoms with van der Waals surface area (Å²) < 4.78 is 12.3. The molecule has 2 aromatic heterocycles. The Labute approximate surface area is 159 Å². The minimum atomic E-state index is -0.658. The molecule has 1 unspecified atom stereocenters. The molecule has 0 saturated carbocycles. The third-order valence-electron chi connectivity index (χ3n) is 3.83. The maximum Gasteiger partial charge on any atom is 0.417 e. The summed E-state index contributed by atoms with van der Waals surface area (Å²) in [5.74, 6) is -0.540. The summed E-state index contributed by atoms with van der Waals surface area (Å²) in [6, 6.07) is 3.45. The highest BCUT2D eigenvalue weighted by atomic mass is 32.1. The molecule has 0 spiro atoms. The molecule has 0 aliphatic carbocycles. The Kier molecular flexibility index (Phi) is 5.07. The van der Waals surface area contributed by atoms with Gasteiger partial charge in [-0.3, -0.25) is 4.79 Å². The van der Waals surface area contributed by atoms with Crippen molar-refractivity contribution in [2.24, 2.45) is 0 Å². The number of likely N-dealkylation sites (tertiary alicyclic amines) is 1. The fourth-order valence-corrected chi connectivity index (χ4v) is 5.24. The number of carbonyl (C=O) groups is 3. The monoisotopic (exact) mass is 395 g/mol. The first-order valence-electron chi connectivity index (χ1n) is 8.45. The fraction of sp³-hybridized carbons (Fsp3) is 0.500. The van der Waals surface area contributed by atoms with Crippen molar-refractivity contribution in [3.05, 3.63) is 21.9 Å². The van der Waals surface area contributed by atoms with Gasteiger partial charge in [-0.1, -0.05) is 0 Å². The molecular formula is C18H21NO5S2. The molecule has 140 valence electrons. The lowest BCUT2D eigenvalue weighted by molar-refractivity contribution is -0.128. The third-order valence-corrected chi connectivity index (χ3v) is 6.21. The van der Waals surface area contributed by atoms with Gasteiger partial charge in [0.05, 0.1) is 12.6 Å². The standard InChI is InChI=1S/C18H21NO5S2/c1-5-23-16(21)14-9-13-12(26-14)8-11(25-13)10-6-7-15(20)19(10)17(22)24-18(2,3)4/h8-10H,5-7H2,1-4H3. The lowest BCUT2D eigenvalue weighted by Gasteiger charge is -2.26. The van der Waals surface area contributed by atoms with Crippen LogP contribution in [0.25, 0.3) is 9.40 Å². The molecule has 2 amide bonds. The quantitative estimate of drug-likeness (QED) is 0.702. The highest BCUT2D eigenvalue weighted by Gasteiger charge is 2.40. The van der Waals surface area contributed by atoms with Crippen molar-refractivity contribution in [3.63, 3.8) is 0 Å². The molecule has 1 fully saturated rings. The van der Waals surface area contributed by atoms with E-state index in [1.54, 1.807) is 33.8 Å². The van der Waals surface area contributed by atoms with Crippen molar-refractivity contribution in [3.8, 4) is 0 Å². The molecule has 2 aromatic rings. The van der Waals surface area contributed by atoms with Crippen LogP contribution in [0.4, 0.5) is 4.79 Å². The van der Waals surface area contributed by atoms with Crippen LogP contribution < -0.4 is 0 Å². The van der Waals surface area contributed by atoms with Gasteiger partial charge in [0.25, 0.3) is 0 Å². The van der Waals surface area contributed by atoms with Crippen LogP contribution >= 0.6 is 22.7 Å². The molecule has 26 heavy (non-hydrogen) atoms. The smallest absolute Gasteiger partial charge is 0.417 e. The number of thiophene rings is 2. The molecule has 3 heterocycles. The number of ether oxygens (including phenoxy) is 2. The zero-order chi connectivity index (χ0) is 19.1. The average Bonchev–Trinajstić information content (AvgIpc) is 3.17. The Morgan fingerprint density at radius 1 is 1.23 bits per heavy atom. The van der Waals surface area contributed by atoms with E-state index < -0.39 is 11.7 Å². The van der Waals surface area contributed by atoms with E-state index in [9.17, 15) is 14.4 Å². The molecule has 8 heteroatoms. The number of carbonyl (C=O) groups excluding carboxylic acids is 3. The maximum absolute atomic E-state index is 12.5. The molecule has 6 nitrogen and oxygen atoms in total. The minimum Gasteiger partial charge on any atom is -0.462 e. The molecule has 1 aliphatic rings. The summed E-state index contributed by atoms with van der Waals surface area (Å²) in [7, 11) is 0. The van der Waals surface area contributed by atoms with Crippen molar-refractivity contribution in [2.45, 2.75) is 52.2 Å². The molecule has 1 atom stereocenters. The Balaban J connectivity index is 1.85. The number of rotatable bonds is 3. The molecule has 1 saturated heterocycles. The van der Waals surface area contributed by atoms with E-state index in [0.29, 0.717) is 24.3 Å². The van der Waals surface area contributed by atoms with E-state index in [1.807, 2.05) is 6.07 Å². The van der Waals surface area contributed by atoms with Crippen molar-refractivity contribution < 1.29 is 23.9 Å². The van der Waals surface area contributed by atoms with Crippen LogP contribution in [0.3, 0.4) is 0 Å². The van der Waals surface area contributed by atoms with E-state index in [2.05, 4.69) is 0 Å². The second-order valence-electron chi connectivity index (χ2n) is 7.01. The van der Waals surface area contributed by atoms with Crippen LogP contribution in [0.1, 0.15) is 61.1 Å². The van der Waals surface area contributed by atoms with Gasteiger partial charge < -0.3 is 9.47 Å². The van der Waals surface area contributed by atoms with Gasteiger partial charge in [0.15, 0.2) is 0 Å². The summed E-state index contributed by atoms with van der Waals surface area (Å²) in [6.45, 7) is 7.44. The van der Waals surface area contributed by atoms with Gasteiger partial charge in [0.2, 0.25) is 5.91 Å². The topological polar surface area (TPSA) is 72.9 Å². The van der Waals surface area contributed by atoms with E-state index in [1.165, 1.54) is 27.6 Å². The fourth-order valence-electron chi connectivity index (χ4n) is 2.81. The van der Waals surface area contributed by atoms with E-state index in [0.717, 1.165) is 14.3 Å². The van der Waals surface area contributed by atoms with Crippen LogP contribution in [0, 0.1) is 0 Å². The predicted molar refractivity (Wildman–Crippen MR) is 101 cm³/mol. The maximum atomic E-state index is 12.5. The van der Waals surface area contributed by atoms with Gasteiger partial charge >= 0.3 is 12.1 Å². The van der Waals surface area contributed by atoms with Crippen LogP contribution in [0.15, 0.2) is 12.1 Å². The van der Waals surface area contributed by atoms with Gasteiger partial charge in [-0.2, -0.15) is 0 Å². The summed E-state index contributed by atoms with van der Waals surface area (Å²) in [5, 5.41) is 0.